The number of nitro groups is 1. The predicted molar refractivity (Wildman–Crippen MR) is 118 cm³/mol. The fourth-order valence-electron chi connectivity index (χ4n) is 2.92. The third-order valence-corrected chi connectivity index (χ3v) is 5.34. The summed E-state index contributed by atoms with van der Waals surface area (Å²) >= 11 is 1.21. The highest BCUT2D eigenvalue weighted by atomic mass is 32.2. The van der Waals surface area contributed by atoms with Gasteiger partial charge in [-0.05, 0) is 61.5 Å². The Hall–Kier alpha value is -3.65. The van der Waals surface area contributed by atoms with E-state index in [9.17, 15) is 14.9 Å². The molecule has 1 aliphatic heterocycles. The van der Waals surface area contributed by atoms with Crippen LogP contribution in [0.25, 0.3) is 17.4 Å². The van der Waals surface area contributed by atoms with E-state index < -0.39 is 4.92 Å². The maximum absolute atomic E-state index is 12.3. The zero-order valence-corrected chi connectivity index (χ0v) is 17.0. The number of nitrogens with one attached hydrogen (secondary N) is 1. The number of benzene rings is 2. The Bertz CT molecular complexity index is 1210. The van der Waals surface area contributed by atoms with Crippen molar-refractivity contribution in [3.8, 4) is 11.3 Å². The van der Waals surface area contributed by atoms with Gasteiger partial charge in [-0.3, -0.25) is 14.9 Å². The molecule has 0 bridgehead atoms. The van der Waals surface area contributed by atoms with E-state index in [0.29, 0.717) is 27.2 Å². The number of furan rings is 1. The first-order valence-corrected chi connectivity index (χ1v) is 9.92. The molecule has 7 nitrogen and oxygen atoms in total. The molecule has 0 unspecified atom stereocenters. The lowest BCUT2D eigenvalue weighted by atomic mass is 10.1. The molecule has 2 heterocycles. The molecule has 3 aromatic rings. The van der Waals surface area contributed by atoms with Gasteiger partial charge in [-0.2, -0.15) is 0 Å². The predicted octanol–water partition coefficient (Wildman–Crippen LogP) is 5.36. The summed E-state index contributed by atoms with van der Waals surface area (Å²) < 4.78 is 5.76. The third-order valence-electron chi connectivity index (χ3n) is 4.43. The zero-order valence-electron chi connectivity index (χ0n) is 16.2. The van der Waals surface area contributed by atoms with Gasteiger partial charge >= 0.3 is 0 Å². The van der Waals surface area contributed by atoms with Crippen LogP contribution in [0.1, 0.15) is 16.9 Å². The van der Waals surface area contributed by atoms with Gasteiger partial charge in [0.05, 0.1) is 21.1 Å². The number of aliphatic imine (C=N–C) groups is 1. The first-order chi connectivity index (χ1) is 14.4. The largest absolute Gasteiger partial charge is 0.456 e. The molecule has 0 atom stereocenters. The molecule has 0 saturated carbocycles. The molecular formula is C22H17N3O4S. The van der Waals surface area contributed by atoms with Crippen molar-refractivity contribution in [2.45, 2.75) is 13.8 Å². The molecule has 2 aromatic carbocycles. The number of aryl methyl sites for hydroxylation is 2. The van der Waals surface area contributed by atoms with E-state index >= 15 is 0 Å². The molecule has 30 heavy (non-hydrogen) atoms. The fraction of sp³-hybridized carbons (Fsp3) is 0.0909. The summed E-state index contributed by atoms with van der Waals surface area (Å²) in [5.41, 5.74) is 3.03. The van der Waals surface area contributed by atoms with Crippen LogP contribution in [-0.2, 0) is 4.79 Å². The first kappa shape index (κ1) is 19.7. The van der Waals surface area contributed by atoms with Crippen molar-refractivity contribution in [2.24, 2.45) is 4.99 Å². The maximum atomic E-state index is 12.3. The van der Waals surface area contributed by atoms with E-state index in [-0.39, 0.29) is 11.6 Å². The molecule has 1 aromatic heterocycles. The summed E-state index contributed by atoms with van der Waals surface area (Å²) in [5, 5.41) is 14.6. The second kappa shape index (κ2) is 8.00. The molecule has 1 amide bonds. The normalized spacial score (nSPS) is 16.3. The summed E-state index contributed by atoms with van der Waals surface area (Å²) in [4.78, 5) is 28.1. The van der Waals surface area contributed by atoms with Gasteiger partial charge in [-0.1, -0.05) is 23.8 Å². The number of thioether (sulfide) groups is 1. The van der Waals surface area contributed by atoms with Gasteiger partial charge in [0.1, 0.15) is 11.5 Å². The van der Waals surface area contributed by atoms with Crippen LogP contribution in [0.2, 0.25) is 0 Å². The molecule has 1 fully saturated rings. The van der Waals surface area contributed by atoms with Crippen LogP contribution in [0.3, 0.4) is 0 Å². The van der Waals surface area contributed by atoms with Gasteiger partial charge in [-0.25, -0.2) is 4.99 Å². The van der Waals surface area contributed by atoms with Crippen molar-refractivity contribution in [2.75, 3.05) is 0 Å². The van der Waals surface area contributed by atoms with Crippen molar-refractivity contribution in [1.29, 1.82) is 0 Å². The van der Waals surface area contributed by atoms with Crippen molar-refractivity contribution >= 4 is 40.3 Å². The number of carbonyl (C=O) groups excluding carboxylic acids is 1. The van der Waals surface area contributed by atoms with E-state index in [0.717, 1.165) is 16.8 Å². The van der Waals surface area contributed by atoms with E-state index in [1.807, 2.05) is 31.2 Å². The fourth-order valence-corrected chi connectivity index (χ4v) is 3.74. The number of carbonyl (C=O) groups is 1. The summed E-state index contributed by atoms with van der Waals surface area (Å²) in [6.07, 6.45) is 1.60. The summed E-state index contributed by atoms with van der Waals surface area (Å²) in [7, 11) is 0. The number of amidine groups is 1. The van der Waals surface area contributed by atoms with Crippen LogP contribution in [0.5, 0.6) is 0 Å². The van der Waals surface area contributed by atoms with Gasteiger partial charge in [0.25, 0.3) is 11.6 Å². The lowest BCUT2D eigenvalue weighted by Crippen LogP contribution is -2.19. The van der Waals surface area contributed by atoms with Crippen LogP contribution >= 0.6 is 11.8 Å². The van der Waals surface area contributed by atoms with Crippen molar-refractivity contribution in [1.82, 2.24) is 5.32 Å². The quantitative estimate of drug-likeness (QED) is 0.349. The van der Waals surface area contributed by atoms with Crippen molar-refractivity contribution in [3.63, 3.8) is 0 Å². The van der Waals surface area contributed by atoms with E-state index in [2.05, 4.69) is 10.3 Å². The first-order valence-electron chi connectivity index (χ1n) is 9.10. The number of rotatable bonds is 4. The van der Waals surface area contributed by atoms with Crippen molar-refractivity contribution in [3.05, 3.63) is 86.5 Å². The Balaban J connectivity index is 1.58. The van der Waals surface area contributed by atoms with Crippen LogP contribution < -0.4 is 5.32 Å². The molecule has 8 heteroatoms. The number of amides is 1. The molecule has 150 valence electrons. The highest BCUT2D eigenvalue weighted by molar-refractivity contribution is 8.18. The van der Waals surface area contributed by atoms with E-state index in [1.165, 1.54) is 17.8 Å². The van der Waals surface area contributed by atoms with Gasteiger partial charge in [0.15, 0.2) is 5.17 Å². The van der Waals surface area contributed by atoms with Crippen LogP contribution in [0, 0.1) is 24.0 Å². The SMILES string of the molecule is Cc1ccc(N=C2NC(=O)/C(=C/c3ccc(-c4ccc(C)cc4[N+](=O)[O-])o3)S2)cc1. The Kier molecular flexibility index (Phi) is 5.24. The number of hydrogen-bond acceptors (Lipinski definition) is 6. The molecule has 0 aliphatic carbocycles. The third kappa shape index (κ3) is 4.18. The Labute approximate surface area is 176 Å². The highest BCUT2D eigenvalue weighted by Gasteiger charge is 2.25. The second-order valence-electron chi connectivity index (χ2n) is 6.80. The molecular weight excluding hydrogens is 402 g/mol. The van der Waals surface area contributed by atoms with Crippen LogP contribution in [0.4, 0.5) is 11.4 Å². The highest BCUT2D eigenvalue weighted by Crippen LogP contribution is 2.34. The number of hydrogen-bond donors (Lipinski definition) is 1. The average Bonchev–Trinajstić information content (AvgIpc) is 3.30. The molecule has 4 rings (SSSR count). The Morgan fingerprint density at radius 3 is 2.53 bits per heavy atom. The van der Waals surface area contributed by atoms with Crippen LogP contribution in [0.15, 0.2) is 68.9 Å². The van der Waals surface area contributed by atoms with Gasteiger partial charge in [0, 0.05) is 12.1 Å². The van der Waals surface area contributed by atoms with Gasteiger partial charge in [0.2, 0.25) is 0 Å². The summed E-state index contributed by atoms with van der Waals surface area (Å²) in [6, 6.07) is 15.9. The van der Waals surface area contributed by atoms with E-state index in [4.69, 9.17) is 4.42 Å². The lowest BCUT2D eigenvalue weighted by Gasteiger charge is -2.01. The molecule has 0 radical (unpaired) electrons. The van der Waals surface area contributed by atoms with Gasteiger partial charge < -0.3 is 9.73 Å². The average molecular weight is 419 g/mol. The smallest absolute Gasteiger partial charge is 0.280 e. The monoisotopic (exact) mass is 419 g/mol. The minimum absolute atomic E-state index is 0.0240. The Morgan fingerprint density at radius 1 is 1.07 bits per heavy atom. The van der Waals surface area contributed by atoms with E-state index in [1.54, 1.807) is 37.3 Å². The standard InChI is InChI=1S/C22H17N3O4S/c1-13-3-6-15(7-4-13)23-22-24-21(26)20(30-22)12-16-8-10-19(29-16)17-9-5-14(2)11-18(17)25(27)28/h3-12H,1-2H3,(H,23,24,26)/b20-12-. The summed E-state index contributed by atoms with van der Waals surface area (Å²) in [6.45, 7) is 3.78. The minimum atomic E-state index is -0.433. The van der Waals surface area contributed by atoms with Gasteiger partial charge in [-0.15, -0.1) is 0 Å². The lowest BCUT2D eigenvalue weighted by molar-refractivity contribution is -0.384. The maximum Gasteiger partial charge on any atom is 0.280 e. The summed E-state index contributed by atoms with van der Waals surface area (Å²) in [5.74, 6) is 0.518. The second-order valence-corrected chi connectivity index (χ2v) is 7.83. The molecule has 0 spiro atoms. The van der Waals surface area contributed by atoms with Crippen molar-refractivity contribution < 1.29 is 14.1 Å². The zero-order chi connectivity index (χ0) is 21.3. The Morgan fingerprint density at radius 2 is 1.80 bits per heavy atom. The molecule has 1 saturated heterocycles. The topological polar surface area (TPSA) is 97.7 Å². The molecule has 1 aliphatic rings. The molecule has 1 N–H and O–H groups in total. The minimum Gasteiger partial charge on any atom is -0.456 e. The van der Waals surface area contributed by atoms with Crippen LogP contribution in [-0.4, -0.2) is 16.0 Å². The number of nitrogens with zero attached hydrogens (tertiary/aromatic N) is 2. The number of nitro benzene ring substituents is 1.